The van der Waals surface area contributed by atoms with Gasteiger partial charge in [-0.3, -0.25) is 13.9 Å². The Balaban J connectivity index is 2.07. The lowest BCUT2D eigenvalue weighted by Gasteiger charge is -2.33. The van der Waals surface area contributed by atoms with Gasteiger partial charge in [-0.15, -0.1) is 0 Å². The Labute approximate surface area is 244 Å². The second-order valence-corrected chi connectivity index (χ2v) is 12.3. The van der Waals surface area contributed by atoms with Gasteiger partial charge in [0.2, 0.25) is 11.8 Å². The zero-order valence-electron chi connectivity index (χ0n) is 21.8. The van der Waals surface area contributed by atoms with Gasteiger partial charge in [0.05, 0.1) is 10.6 Å². The Morgan fingerprint density at radius 3 is 2.08 bits per heavy atom. The van der Waals surface area contributed by atoms with Gasteiger partial charge in [0.25, 0.3) is 10.0 Å². The van der Waals surface area contributed by atoms with Crippen LogP contribution in [0.1, 0.15) is 32.8 Å². The molecule has 0 fully saturated rings. The predicted octanol–water partition coefficient (Wildman–Crippen LogP) is 6.17. The summed E-state index contributed by atoms with van der Waals surface area (Å²) in [6.45, 7) is 4.84. The van der Waals surface area contributed by atoms with Gasteiger partial charge in [-0.05, 0) is 74.4 Å². The molecule has 208 valence electrons. The largest absolute Gasteiger partial charge is 0.352 e. The van der Waals surface area contributed by atoms with Crippen LogP contribution < -0.4 is 9.62 Å². The zero-order chi connectivity index (χ0) is 28.7. The quantitative estimate of drug-likeness (QED) is 0.281. The maximum atomic E-state index is 14.0. The first-order chi connectivity index (χ1) is 18.4. The van der Waals surface area contributed by atoms with Crippen molar-refractivity contribution in [2.24, 2.45) is 0 Å². The molecule has 0 aliphatic rings. The first-order valence-electron chi connectivity index (χ1n) is 12.3. The molecule has 7 nitrogen and oxygen atoms in total. The third-order valence-corrected chi connectivity index (χ3v) is 8.52. The van der Waals surface area contributed by atoms with Gasteiger partial charge >= 0.3 is 0 Å². The molecule has 11 heteroatoms. The summed E-state index contributed by atoms with van der Waals surface area (Å²) in [4.78, 5) is 28.5. The van der Waals surface area contributed by atoms with Gasteiger partial charge < -0.3 is 10.2 Å². The number of nitrogens with zero attached hydrogens (tertiary/aromatic N) is 2. The number of benzene rings is 3. The fourth-order valence-corrected chi connectivity index (χ4v) is 6.02. The maximum Gasteiger partial charge on any atom is 0.264 e. The highest BCUT2D eigenvalue weighted by atomic mass is 35.5. The lowest BCUT2D eigenvalue weighted by atomic mass is 10.1. The number of hydrogen-bond donors (Lipinski definition) is 1. The molecule has 0 bridgehead atoms. The molecule has 3 aromatic rings. The van der Waals surface area contributed by atoms with E-state index >= 15 is 0 Å². The van der Waals surface area contributed by atoms with E-state index in [0.717, 1.165) is 4.31 Å². The number of sulfonamides is 1. The van der Waals surface area contributed by atoms with E-state index in [4.69, 9.17) is 34.8 Å². The molecule has 0 saturated heterocycles. The number of carbonyl (C=O) groups excluding carboxylic acids is 2. The van der Waals surface area contributed by atoms with Crippen molar-refractivity contribution in [3.63, 3.8) is 0 Å². The van der Waals surface area contributed by atoms with E-state index in [1.807, 2.05) is 13.8 Å². The van der Waals surface area contributed by atoms with Crippen LogP contribution >= 0.6 is 34.8 Å². The number of hydrogen-bond acceptors (Lipinski definition) is 4. The van der Waals surface area contributed by atoms with Crippen molar-refractivity contribution in [1.82, 2.24) is 10.2 Å². The Morgan fingerprint density at radius 1 is 0.897 bits per heavy atom. The van der Waals surface area contributed by atoms with E-state index in [9.17, 15) is 18.0 Å². The van der Waals surface area contributed by atoms with E-state index < -0.39 is 28.5 Å². The summed E-state index contributed by atoms with van der Waals surface area (Å²) in [5.41, 5.74) is 0.815. The average Bonchev–Trinajstić information content (AvgIpc) is 2.89. The zero-order valence-corrected chi connectivity index (χ0v) is 24.9. The van der Waals surface area contributed by atoms with Crippen LogP contribution in [0, 0.1) is 0 Å². The van der Waals surface area contributed by atoms with Crippen LogP contribution in [-0.4, -0.2) is 43.8 Å². The Morgan fingerprint density at radius 2 is 1.51 bits per heavy atom. The van der Waals surface area contributed by atoms with Gasteiger partial charge in [-0.1, -0.05) is 66.0 Å². The average molecular weight is 611 g/mol. The summed E-state index contributed by atoms with van der Waals surface area (Å²) in [6.07, 6.45) is 0.294. The second-order valence-electron chi connectivity index (χ2n) is 9.15. The molecule has 0 spiro atoms. The Hall–Kier alpha value is -2.78. The highest BCUT2D eigenvalue weighted by Gasteiger charge is 2.34. The van der Waals surface area contributed by atoms with Crippen molar-refractivity contribution < 1.29 is 18.0 Å². The molecule has 0 aromatic heterocycles. The third kappa shape index (κ3) is 7.88. The highest BCUT2D eigenvalue weighted by molar-refractivity contribution is 7.92. The fraction of sp³-hybridized carbons (Fsp3) is 0.286. The first-order valence-corrected chi connectivity index (χ1v) is 14.9. The third-order valence-electron chi connectivity index (χ3n) is 5.90. The van der Waals surface area contributed by atoms with Gasteiger partial charge in [0.1, 0.15) is 12.6 Å². The first kappa shape index (κ1) is 30.8. The van der Waals surface area contributed by atoms with Crippen molar-refractivity contribution in [1.29, 1.82) is 0 Å². The topological polar surface area (TPSA) is 86.8 Å². The molecule has 1 atom stereocenters. The van der Waals surface area contributed by atoms with Crippen molar-refractivity contribution >= 4 is 62.3 Å². The van der Waals surface area contributed by atoms with Crippen LogP contribution in [0.5, 0.6) is 0 Å². The molecule has 2 amide bonds. The second kappa shape index (κ2) is 13.5. The number of rotatable bonds is 11. The highest BCUT2D eigenvalue weighted by Crippen LogP contribution is 2.27. The Kier molecular flexibility index (Phi) is 10.7. The van der Waals surface area contributed by atoms with E-state index in [1.54, 1.807) is 55.5 Å². The van der Waals surface area contributed by atoms with Crippen LogP contribution in [0.25, 0.3) is 0 Å². The van der Waals surface area contributed by atoms with Crippen molar-refractivity contribution in [2.45, 2.75) is 50.7 Å². The van der Waals surface area contributed by atoms with E-state index in [0.29, 0.717) is 27.1 Å². The molecule has 1 unspecified atom stereocenters. The number of anilines is 1. The SMILES string of the molecule is CCC(C(=O)NC(C)C)N(Cc1ccc(Cl)cc1Cl)C(=O)CN(c1ccc(Cl)cc1)S(=O)(=O)c1ccccc1. The smallest absolute Gasteiger partial charge is 0.264 e. The molecule has 39 heavy (non-hydrogen) atoms. The molecule has 3 aromatic carbocycles. The number of halogens is 3. The predicted molar refractivity (Wildman–Crippen MR) is 157 cm³/mol. The molecule has 1 N–H and O–H groups in total. The summed E-state index contributed by atoms with van der Waals surface area (Å²) in [5, 5.41) is 4.02. The molecule has 3 rings (SSSR count). The van der Waals surface area contributed by atoms with Crippen LogP contribution in [0.2, 0.25) is 15.1 Å². The minimum Gasteiger partial charge on any atom is -0.352 e. The minimum absolute atomic E-state index is 0.0182. The van der Waals surface area contributed by atoms with Gasteiger partial charge in [-0.25, -0.2) is 8.42 Å². The molecule has 0 saturated carbocycles. The standard InChI is InChI=1S/C28H30Cl3N3O4S/c1-4-26(28(36)32-19(2)3)33(17-20-10-11-22(30)16-25(20)31)27(35)18-34(23-14-12-21(29)13-15-23)39(37,38)24-8-6-5-7-9-24/h5-16,19,26H,4,17-18H2,1-3H3,(H,32,36). The summed E-state index contributed by atoms with van der Waals surface area (Å²) in [6, 6.07) is 17.8. The molecular formula is C28H30Cl3N3O4S. The summed E-state index contributed by atoms with van der Waals surface area (Å²) >= 11 is 18.5. The Bertz CT molecular complexity index is 1400. The van der Waals surface area contributed by atoms with Gasteiger partial charge in [0, 0.05) is 27.7 Å². The summed E-state index contributed by atoms with van der Waals surface area (Å²) < 4.78 is 28.5. The number of carbonyl (C=O) groups is 2. The van der Waals surface area contributed by atoms with Gasteiger partial charge in [0.15, 0.2) is 0 Å². The molecule has 0 aliphatic carbocycles. The van der Waals surface area contributed by atoms with Crippen LogP contribution in [-0.2, 0) is 26.2 Å². The minimum atomic E-state index is -4.16. The number of amides is 2. The van der Waals surface area contributed by atoms with Crippen molar-refractivity contribution in [2.75, 3.05) is 10.8 Å². The van der Waals surface area contributed by atoms with Crippen molar-refractivity contribution in [3.8, 4) is 0 Å². The van der Waals surface area contributed by atoms with Crippen molar-refractivity contribution in [3.05, 3.63) is 93.4 Å². The fourth-order valence-electron chi connectivity index (χ4n) is 3.99. The maximum absolute atomic E-state index is 14.0. The molecule has 0 aliphatic heterocycles. The van der Waals surface area contributed by atoms with Gasteiger partial charge in [-0.2, -0.15) is 0 Å². The van der Waals surface area contributed by atoms with E-state index in [1.165, 1.54) is 29.2 Å². The van der Waals surface area contributed by atoms with E-state index in [-0.39, 0.29) is 29.1 Å². The van der Waals surface area contributed by atoms with Crippen LogP contribution in [0.3, 0.4) is 0 Å². The monoisotopic (exact) mass is 609 g/mol. The van der Waals surface area contributed by atoms with Crippen LogP contribution in [0.15, 0.2) is 77.7 Å². The van der Waals surface area contributed by atoms with E-state index in [2.05, 4.69) is 5.32 Å². The number of nitrogens with one attached hydrogen (secondary N) is 1. The molecule has 0 heterocycles. The van der Waals surface area contributed by atoms with Crippen LogP contribution in [0.4, 0.5) is 5.69 Å². The molecular weight excluding hydrogens is 581 g/mol. The lowest BCUT2D eigenvalue weighted by Crippen LogP contribution is -2.53. The summed E-state index contributed by atoms with van der Waals surface area (Å²) in [5.74, 6) is -0.934. The summed E-state index contributed by atoms with van der Waals surface area (Å²) in [7, 11) is -4.16. The normalized spacial score (nSPS) is 12.2. The molecule has 0 radical (unpaired) electrons. The lowest BCUT2D eigenvalue weighted by molar-refractivity contribution is -0.140.